The summed E-state index contributed by atoms with van der Waals surface area (Å²) in [6.07, 6.45) is 5.03. The van der Waals surface area contributed by atoms with Crippen LogP contribution in [0, 0.1) is 5.92 Å². The van der Waals surface area contributed by atoms with Gasteiger partial charge in [0.1, 0.15) is 18.6 Å². The number of amides is 1. The van der Waals surface area contributed by atoms with Crippen LogP contribution < -0.4 is 11.1 Å². The lowest BCUT2D eigenvalue weighted by Gasteiger charge is -2.32. The zero-order valence-electron chi connectivity index (χ0n) is 17.9. The van der Waals surface area contributed by atoms with Crippen molar-refractivity contribution in [3.63, 3.8) is 0 Å². The highest BCUT2D eigenvalue weighted by Gasteiger charge is 2.28. The van der Waals surface area contributed by atoms with Crippen LogP contribution in [0.25, 0.3) is 0 Å². The minimum absolute atomic E-state index is 0.0335. The second kappa shape index (κ2) is 9.91. The van der Waals surface area contributed by atoms with Gasteiger partial charge in [0.2, 0.25) is 0 Å². The summed E-state index contributed by atoms with van der Waals surface area (Å²) in [5.41, 5.74) is 9.77. The number of pyridine rings is 2. The van der Waals surface area contributed by atoms with E-state index in [2.05, 4.69) is 20.4 Å². The Balaban J connectivity index is 1.37. The van der Waals surface area contributed by atoms with Gasteiger partial charge in [0.25, 0.3) is 5.91 Å². The Morgan fingerprint density at radius 2 is 1.84 bits per heavy atom. The van der Waals surface area contributed by atoms with Crippen LogP contribution in [0.5, 0.6) is 0 Å². The van der Waals surface area contributed by atoms with Gasteiger partial charge in [-0.15, -0.1) is 0 Å². The van der Waals surface area contributed by atoms with Gasteiger partial charge in [0, 0.05) is 54.4 Å². The number of carbonyl (C=O) groups excluding carboxylic acids is 1. The fourth-order valence-electron chi connectivity index (χ4n) is 3.87. The minimum atomic E-state index is 0.0335. The number of nitrogen functional groups attached to an aromatic ring is 1. The average Bonchev–Trinajstić information content (AvgIpc) is 2.83. The van der Waals surface area contributed by atoms with Crippen molar-refractivity contribution < 1.29 is 9.63 Å². The molecule has 1 aliphatic heterocycles. The molecule has 0 aliphatic carbocycles. The number of likely N-dealkylation sites (tertiary alicyclic amines) is 1. The summed E-state index contributed by atoms with van der Waals surface area (Å²) < 4.78 is 0. The van der Waals surface area contributed by atoms with E-state index < -0.39 is 0 Å². The summed E-state index contributed by atoms with van der Waals surface area (Å²) in [6, 6.07) is 16.8. The van der Waals surface area contributed by atoms with Gasteiger partial charge in [0.15, 0.2) is 0 Å². The molecule has 0 unspecified atom stereocenters. The zero-order chi connectivity index (χ0) is 22.3. The van der Waals surface area contributed by atoms with Gasteiger partial charge in [-0.05, 0) is 55.3 Å². The third-order valence-electron chi connectivity index (χ3n) is 5.49. The zero-order valence-corrected chi connectivity index (χ0v) is 17.9. The highest BCUT2D eigenvalue weighted by atomic mass is 16.6. The maximum atomic E-state index is 13.0. The summed E-state index contributed by atoms with van der Waals surface area (Å²) in [6.45, 7) is 1.32. The molecule has 3 aromatic rings. The van der Waals surface area contributed by atoms with Crippen LogP contribution in [0.4, 0.5) is 17.2 Å². The molecule has 2 aromatic heterocycles. The number of carbonyl (C=O) groups is 1. The van der Waals surface area contributed by atoms with Crippen LogP contribution in [0.15, 0.2) is 72.1 Å². The first kappa shape index (κ1) is 21.3. The molecule has 0 radical (unpaired) electrons. The van der Waals surface area contributed by atoms with Gasteiger partial charge >= 0.3 is 0 Å². The quantitative estimate of drug-likeness (QED) is 0.456. The number of nitrogens with zero attached hydrogens (tertiary/aromatic N) is 4. The second-order valence-corrected chi connectivity index (χ2v) is 7.61. The fourth-order valence-corrected chi connectivity index (χ4v) is 3.87. The first-order chi connectivity index (χ1) is 15.6. The molecular weight excluding hydrogens is 404 g/mol. The van der Waals surface area contributed by atoms with E-state index in [1.807, 2.05) is 53.4 Å². The van der Waals surface area contributed by atoms with E-state index in [0.29, 0.717) is 24.5 Å². The van der Waals surface area contributed by atoms with Gasteiger partial charge in [-0.2, -0.15) is 0 Å². The smallest absolute Gasteiger partial charge is 0.253 e. The lowest BCUT2D eigenvalue weighted by Crippen LogP contribution is -2.40. The van der Waals surface area contributed by atoms with E-state index in [9.17, 15) is 4.79 Å². The molecule has 0 bridgehead atoms. The van der Waals surface area contributed by atoms with E-state index in [1.54, 1.807) is 25.6 Å². The Bertz CT molecular complexity index is 1080. The first-order valence-electron chi connectivity index (χ1n) is 10.5. The summed E-state index contributed by atoms with van der Waals surface area (Å²) in [5, 5.41) is 7.49. The molecule has 3 heterocycles. The van der Waals surface area contributed by atoms with E-state index in [0.717, 1.165) is 35.6 Å². The van der Waals surface area contributed by atoms with E-state index in [1.165, 1.54) is 0 Å². The Hall–Kier alpha value is -3.94. The SMILES string of the molecule is CO/N=C(/c1ccccn1)C1CCN(C(=O)c2ccc(Nc3ccnc(N)c3)cc2)CC1. The van der Waals surface area contributed by atoms with Crippen molar-refractivity contribution in [2.45, 2.75) is 12.8 Å². The summed E-state index contributed by atoms with van der Waals surface area (Å²) in [7, 11) is 1.55. The third kappa shape index (κ3) is 5.03. The van der Waals surface area contributed by atoms with Crippen LogP contribution in [0.1, 0.15) is 28.9 Å². The van der Waals surface area contributed by atoms with Crippen LogP contribution in [-0.4, -0.2) is 46.7 Å². The van der Waals surface area contributed by atoms with Gasteiger partial charge in [-0.3, -0.25) is 9.78 Å². The molecule has 1 fully saturated rings. The van der Waals surface area contributed by atoms with E-state index >= 15 is 0 Å². The first-order valence-corrected chi connectivity index (χ1v) is 10.5. The number of benzene rings is 1. The van der Waals surface area contributed by atoms with E-state index in [4.69, 9.17) is 10.6 Å². The Labute approximate surface area is 187 Å². The van der Waals surface area contributed by atoms with Gasteiger partial charge < -0.3 is 20.8 Å². The van der Waals surface area contributed by atoms with Gasteiger partial charge in [-0.25, -0.2) is 4.98 Å². The number of hydrogen-bond donors (Lipinski definition) is 2. The van der Waals surface area contributed by atoms with Gasteiger partial charge in [-0.1, -0.05) is 11.2 Å². The number of anilines is 3. The van der Waals surface area contributed by atoms with Crippen LogP contribution in [0.2, 0.25) is 0 Å². The standard InChI is InChI=1S/C24H26N6O2/c1-32-29-23(21-4-2-3-12-26-21)17-10-14-30(15-11-17)24(31)18-5-7-19(8-6-18)28-20-9-13-27-22(25)16-20/h2-9,12-13,16-17H,10-11,14-15H2,1H3,(H3,25,27,28)/b29-23+. The summed E-state index contributed by atoms with van der Waals surface area (Å²) in [4.78, 5) is 28.4. The van der Waals surface area contributed by atoms with E-state index in [-0.39, 0.29) is 11.8 Å². The molecule has 0 atom stereocenters. The topological polar surface area (TPSA) is 106 Å². The molecule has 164 valence electrons. The predicted molar refractivity (Wildman–Crippen MR) is 125 cm³/mol. The van der Waals surface area contributed by atoms with Crippen molar-refractivity contribution in [1.29, 1.82) is 0 Å². The molecule has 1 saturated heterocycles. The van der Waals surface area contributed by atoms with Crippen molar-refractivity contribution in [2.24, 2.45) is 11.1 Å². The largest absolute Gasteiger partial charge is 0.399 e. The number of piperidine rings is 1. The molecule has 8 heteroatoms. The maximum absolute atomic E-state index is 13.0. The molecule has 32 heavy (non-hydrogen) atoms. The van der Waals surface area contributed by atoms with Crippen LogP contribution in [-0.2, 0) is 4.84 Å². The number of hydrogen-bond acceptors (Lipinski definition) is 7. The number of rotatable bonds is 6. The van der Waals surface area contributed by atoms with Crippen molar-refractivity contribution in [3.8, 4) is 0 Å². The lowest BCUT2D eigenvalue weighted by atomic mass is 9.89. The molecule has 3 N–H and O–H groups in total. The molecule has 0 spiro atoms. The highest BCUT2D eigenvalue weighted by molar-refractivity contribution is 6.00. The molecule has 1 aromatic carbocycles. The monoisotopic (exact) mass is 430 g/mol. The molecule has 0 saturated carbocycles. The second-order valence-electron chi connectivity index (χ2n) is 7.61. The van der Waals surface area contributed by atoms with Crippen molar-refractivity contribution in [2.75, 3.05) is 31.2 Å². The highest BCUT2D eigenvalue weighted by Crippen LogP contribution is 2.24. The van der Waals surface area contributed by atoms with Crippen LogP contribution in [0.3, 0.4) is 0 Å². The number of nitrogens with one attached hydrogen (secondary N) is 1. The van der Waals surface area contributed by atoms with Crippen molar-refractivity contribution >= 4 is 28.8 Å². The lowest BCUT2D eigenvalue weighted by molar-refractivity contribution is 0.0709. The maximum Gasteiger partial charge on any atom is 0.253 e. The molecular formula is C24H26N6O2. The average molecular weight is 431 g/mol. The van der Waals surface area contributed by atoms with Gasteiger partial charge in [0.05, 0.1) is 5.69 Å². The normalized spacial score (nSPS) is 14.8. The Morgan fingerprint density at radius 1 is 1.06 bits per heavy atom. The minimum Gasteiger partial charge on any atom is -0.399 e. The third-order valence-corrected chi connectivity index (χ3v) is 5.49. The number of oxime groups is 1. The molecule has 4 rings (SSSR count). The van der Waals surface area contributed by atoms with Crippen molar-refractivity contribution in [1.82, 2.24) is 14.9 Å². The molecule has 1 aliphatic rings. The van der Waals surface area contributed by atoms with Crippen LogP contribution >= 0.6 is 0 Å². The fraction of sp³-hybridized carbons (Fsp3) is 0.250. The number of aromatic nitrogens is 2. The number of nitrogens with two attached hydrogens (primary N) is 1. The van der Waals surface area contributed by atoms with Crippen molar-refractivity contribution in [3.05, 3.63) is 78.2 Å². The summed E-state index contributed by atoms with van der Waals surface area (Å²) in [5.74, 6) is 0.687. The Kier molecular flexibility index (Phi) is 6.60. The Morgan fingerprint density at radius 3 is 2.50 bits per heavy atom. The molecule has 1 amide bonds. The summed E-state index contributed by atoms with van der Waals surface area (Å²) >= 11 is 0. The predicted octanol–water partition coefficient (Wildman–Crippen LogP) is 3.71. The molecule has 8 nitrogen and oxygen atoms in total.